The Morgan fingerprint density at radius 2 is 1.30 bits per heavy atom. The molecule has 0 aliphatic heterocycles. The molecule has 0 aromatic heterocycles. The van der Waals surface area contributed by atoms with Crippen LogP contribution in [0.3, 0.4) is 0 Å². The Morgan fingerprint density at radius 3 is 1.30 bits per heavy atom. The van der Waals surface area contributed by atoms with Crippen LogP contribution in [0.1, 0.15) is 27.7 Å². The van der Waals surface area contributed by atoms with E-state index in [0.717, 1.165) is 0 Å². The second kappa shape index (κ2) is 6.01. The maximum atomic E-state index is 4.20. The van der Waals surface area contributed by atoms with Crippen molar-refractivity contribution in [2.75, 3.05) is 7.05 Å². The summed E-state index contributed by atoms with van der Waals surface area (Å²) in [5.74, 6) is 1.21. The molecule has 0 saturated carbocycles. The van der Waals surface area contributed by atoms with Crippen molar-refractivity contribution in [1.29, 1.82) is 0 Å². The van der Waals surface area contributed by atoms with Gasteiger partial charge in [-0.05, 0) is 11.8 Å². The topological polar surface area (TPSA) is 12.4 Å². The van der Waals surface area contributed by atoms with Crippen LogP contribution in [-0.4, -0.2) is 31.6 Å². The number of hydrogen-bond acceptors (Lipinski definition) is 1. The number of rotatable bonds is 2. The van der Waals surface area contributed by atoms with E-state index in [4.69, 9.17) is 0 Å². The standard InChI is InChI=1S/C8H17N.Li.H/c1-6(2)8(9-5)7(3)4;;/h6-7H,1-5H3;;. The molecule has 0 amide bonds. The van der Waals surface area contributed by atoms with Crippen molar-refractivity contribution in [3.8, 4) is 0 Å². The third-order valence-electron chi connectivity index (χ3n) is 1.44. The molecular formula is C8H18LiN. The first-order chi connectivity index (χ1) is 4.09. The summed E-state index contributed by atoms with van der Waals surface area (Å²) in [4.78, 5) is 4.20. The molecule has 0 atom stereocenters. The molecule has 0 saturated heterocycles. The molecule has 0 aromatic rings. The summed E-state index contributed by atoms with van der Waals surface area (Å²) in [7, 11) is 1.87. The van der Waals surface area contributed by atoms with Crippen molar-refractivity contribution in [2.24, 2.45) is 16.8 Å². The van der Waals surface area contributed by atoms with Gasteiger partial charge in [0.25, 0.3) is 0 Å². The first-order valence-electron chi connectivity index (χ1n) is 3.56. The van der Waals surface area contributed by atoms with E-state index < -0.39 is 0 Å². The van der Waals surface area contributed by atoms with E-state index in [-0.39, 0.29) is 18.9 Å². The first-order valence-corrected chi connectivity index (χ1v) is 3.56. The summed E-state index contributed by atoms with van der Waals surface area (Å²) in [6, 6.07) is 0. The molecule has 0 rings (SSSR count). The van der Waals surface area contributed by atoms with Crippen molar-refractivity contribution in [3.63, 3.8) is 0 Å². The van der Waals surface area contributed by atoms with E-state index in [2.05, 4.69) is 32.7 Å². The van der Waals surface area contributed by atoms with Gasteiger partial charge >= 0.3 is 18.9 Å². The Morgan fingerprint density at radius 1 is 1.00 bits per heavy atom. The maximum absolute atomic E-state index is 4.20. The summed E-state index contributed by atoms with van der Waals surface area (Å²) in [5, 5.41) is 0. The minimum atomic E-state index is 0. The molecule has 0 N–H and O–H groups in total. The number of nitrogens with zero attached hydrogens (tertiary/aromatic N) is 1. The molecule has 0 unspecified atom stereocenters. The van der Waals surface area contributed by atoms with Crippen LogP contribution < -0.4 is 0 Å². The van der Waals surface area contributed by atoms with Crippen LogP contribution in [0.15, 0.2) is 4.99 Å². The molecule has 0 radical (unpaired) electrons. The molecule has 0 aliphatic rings. The Labute approximate surface area is 76.5 Å². The summed E-state index contributed by atoms with van der Waals surface area (Å²) in [6.07, 6.45) is 0. The Bertz CT molecular complexity index is 95.8. The van der Waals surface area contributed by atoms with Gasteiger partial charge in [0.2, 0.25) is 0 Å². The molecule has 0 aliphatic carbocycles. The van der Waals surface area contributed by atoms with E-state index in [0.29, 0.717) is 11.8 Å². The van der Waals surface area contributed by atoms with Crippen LogP contribution in [-0.2, 0) is 0 Å². The number of hydrogen-bond donors (Lipinski definition) is 0. The van der Waals surface area contributed by atoms with Gasteiger partial charge in [-0.3, -0.25) is 4.99 Å². The molecule has 56 valence electrons. The predicted molar refractivity (Wildman–Crippen MR) is 50.2 cm³/mol. The van der Waals surface area contributed by atoms with E-state index in [9.17, 15) is 0 Å². The monoisotopic (exact) mass is 135 g/mol. The average Bonchev–Trinajstić information content (AvgIpc) is 1.64. The fourth-order valence-electron chi connectivity index (χ4n) is 1.18. The quantitative estimate of drug-likeness (QED) is 0.404. The molecule has 1 nitrogen and oxygen atoms in total. The molecular weight excluding hydrogens is 117 g/mol. The fraction of sp³-hybridized carbons (Fsp3) is 0.875. The summed E-state index contributed by atoms with van der Waals surface area (Å²) in [5.41, 5.74) is 1.31. The SMILES string of the molecule is CN=C(C(C)C)C(C)C.[LiH]. The van der Waals surface area contributed by atoms with Crippen LogP contribution in [0.5, 0.6) is 0 Å². The predicted octanol–water partition coefficient (Wildman–Crippen LogP) is 1.72. The van der Waals surface area contributed by atoms with Gasteiger partial charge < -0.3 is 0 Å². The van der Waals surface area contributed by atoms with E-state index in [1.165, 1.54) is 5.71 Å². The van der Waals surface area contributed by atoms with Gasteiger partial charge in [0.1, 0.15) is 0 Å². The third kappa shape index (κ3) is 4.14. The summed E-state index contributed by atoms with van der Waals surface area (Å²) >= 11 is 0. The van der Waals surface area contributed by atoms with Crippen molar-refractivity contribution in [1.82, 2.24) is 0 Å². The Balaban J connectivity index is 0. The van der Waals surface area contributed by atoms with E-state index in [1.807, 2.05) is 7.05 Å². The minimum absolute atomic E-state index is 0. The zero-order chi connectivity index (χ0) is 7.44. The zero-order valence-corrected chi connectivity index (χ0v) is 7.10. The van der Waals surface area contributed by atoms with Crippen LogP contribution in [0.4, 0.5) is 0 Å². The molecule has 0 fully saturated rings. The van der Waals surface area contributed by atoms with Gasteiger partial charge in [-0.1, -0.05) is 27.7 Å². The second-order valence-corrected chi connectivity index (χ2v) is 2.96. The van der Waals surface area contributed by atoms with Crippen LogP contribution in [0.25, 0.3) is 0 Å². The Kier molecular flexibility index (Phi) is 7.75. The normalized spacial score (nSPS) is 9.50. The van der Waals surface area contributed by atoms with Gasteiger partial charge in [-0.25, -0.2) is 0 Å². The van der Waals surface area contributed by atoms with Gasteiger partial charge in [0.05, 0.1) is 0 Å². The Hall–Kier alpha value is 0.267. The van der Waals surface area contributed by atoms with Crippen molar-refractivity contribution >= 4 is 24.6 Å². The average molecular weight is 135 g/mol. The first kappa shape index (κ1) is 12.9. The van der Waals surface area contributed by atoms with Crippen molar-refractivity contribution < 1.29 is 0 Å². The molecule has 0 bridgehead atoms. The molecule has 2 heteroatoms. The van der Waals surface area contributed by atoms with Gasteiger partial charge in [0, 0.05) is 12.8 Å². The van der Waals surface area contributed by atoms with E-state index in [1.54, 1.807) is 0 Å². The molecule has 0 aromatic carbocycles. The molecule has 0 spiro atoms. The van der Waals surface area contributed by atoms with Gasteiger partial charge in [0.15, 0.2) is 0 Å². The number of aliphatic imine (C=N–C) groups is 1. The van der Waals surface area contributed by atoms with Crippen LogP contribution in [0, 0.1) is 11.8 Å². The van der Waals surface area contributed by atoms with Crippen molar-refractivity contribution in [2.45, 2.75) is 27.7 Å². The second-order valence-electron chi connectivity index (χ2n) is 2.96. The van der Waals surface area contributed by atoms with Crippen LogP contribution in [0.2, 0.25) is 0 Å². The third-order valence-corrected chi connectivity index (χ3v) is 1.44. The molecule has 10 heavy (non-hydrogen) atoms. The zero-order valence-electron chi connectivity index (χ0n) is 7.10. The fourth-order valence-corrected chi connectivity index (χ4v) is 1.18. The van der Waals surface area contributed by atoms with E-state index >= 15 is 0 Å². The molecule has 0 heterocycles. The van der Waals surface area contributed by atoms with Gasteiger partial charge in [-0.2, -0.15) is 0 Å². The summed E-state index contributed by atoms with van der Waals surface area (Å²) in [6.45, 7) is 8.73. The van der Waals surface area contributed by atoms with Crippen molar-refractivity contribution in [3.05, 3.63) is 0 Å². The van der Waals surface area contributed by atoms with Crippen LogP contribution >= 0.6 is 0 Å². The summed E-state index contributed by atoms with van der Waals surface area (Å²) < 4.78 is 0. The van der Waals surface area contributed by atoms with Gasteiger partial charge in [-0.15, -0.1) is 0 Å².